The third-order valence-electron chi connectivity index (χ3n) is 3.37. The topological polar surface area (TPSA) is 72.4 Å². The maximum Gasteiger partial charge on any atom is 0.259 e. The highest BCUT2D eigenvalue weighted by atomic mass is 16.5. The number of hydrogen-bond donors (Lipinski definition) is 0. The Bertz CT molecular complexity index is 638. The van der Waals surface area contributed by atoms with Crippen LogP contribution in [0.15, 0.2) is 12.4 Å². The minimum Gasteiger partial charge on any atom is -0.478 e. The van der Waals surface area contributed by atoms with Gasteiger partial charge in [-0.15, -0.1) is 0 Å². The summed E-state index contributed by atoms with van der Waals surface area (Å²) in [4.78, 5) is 8.70. The second-order valence-electron chi connectivity index (χ2n) is 4.53. The Morgan fingerprint density at radius 1 is 1.37 bits per heavy atom. The summed E-state index contributed by atoms with van der Waals surface area (Å²) in [6, 6.07) is 2.02. The molecule has 19 heavy (non-hydrogen) atoms. The van der Waals surface area contributed by atoms with Gasteiger partial charge in [0, 0.05) is 31.5 Å². The lowest BCUT2D eigenvalue weighted by atomic mass is 9.97. The molecule has 2 aromatic heterocycles. The quantitative estimate of drug-likeness (QED) is 0.816. The van der Waals surface area contributed by atoms with E-state index < -0.39 is 0 Å². The highest BCUT2D eigenvalue weighted by molar-refractivity contribution is 5.52. The van der Waals surface area contributed by atoms with E-state index >= 15 is 0 Å². The molecule has 1 aliphatic rings. The lowest BCUT2D eigenvalue weighted by Gasteiger charge is -2.19. The van der Waals surface area contributed by atoms with E-state index in [1.807, 2.05) is 16.7 Å². The van der Waals surface area contributed by atoms with E-state index in [9.17, 15) is 0 Å². The number of nitriles is 1. The number of rotatable bonds is 2. The van der Waals surface area contributed by atoms with Crippen molar-refractivity contribution in [1.29, 1.82) is 5.26 Å². The maximum absolute atomic E-state index is 8.95. The molecule has 0 unspecified atom stereocenters. The molecular formula is C13H14N4O2. The molecular weight excluding hydrogens is 244 g/mol. The predicted molar refractivity (Wildman–Crippen MR) is 67.0 cm³/mol. The Labute approximate surface area is 110 Å². The molecule has 0 spiro atoms. The summed E-state index contributed by atoms with van der Waals surface area (Å²) in [5.74, 6) is 0.793. The Morgan fingerprint density at radius 3 is 2.84 bits per heavy atom. The number of ether oxygens (including phenoxy) is 2. The van der Waals surface area contributed by atoms with Crippen molar-refractivity contribution in [3.63, 3.8) is 0 Å². The van der Waals surface area contributed by atoms with Crippen LogP contribution in [0.25, 0.3) is 5.65 Å². The summed E-state index contributed by atoms with van der Waals surface area (Å²) in [5, 5.41) is 8.95. The Morgan fingerprint density at radius 2 is 2.16 bits per heavy atom. The molecule has 2 aromatic rings. The average Bonchev–Trinajstić information content (AvgIpc) is 2.91. The van der Waals surface area contributed by atoms with Crippen molar-refractivity contribution in [1.82, 2.24) is 14.4 Å². The van der Waals surface area contributed by atoms with Gasteiger partial charge in [0.2, 0.25) is 5.65 Å². The highest BCUT2D eigenvalue weighted by Crippen LogP contribution is 2.28. The minimum absolute atomic E-state index is 0.320. The molecule has 0 aromatic carbocycles. The van der Waals surface area contributed by atoms with Crippen LogP contribution in [0.1, 0.15) is 30.1 Å². The second-order valence-corrected chi connectivity index (χ2v) is 4.53. The molecule has 1 aliphatic heterocycles. The first kappa shape index (κ1) is 11.9. The van der Waals surface area contributed by atoms with Crippen LogP contribution in [-0.2, 0) is 4.74 Å². The molecule has 0 radical (unpaired) electrons. The zero-order valence-corrected chi connectivity index (χ0v) is 10.7. The number of hydrogen-bond acceptors (Lipinski definition) is 5. The Hall–Kier alpha value is -2.13. The summed E-state index contributed by atoms with van der Waals surface area (Å²) in [5.41, 5.74) is 1.99. The smallest absolute Gasteiger partial charge is 0.259 e. The van der Waals surface area contributed by atoms with Crippen molar-refractivity contribution < 1.29 is 9.47 Å². The first-order valence-electron chi connectivity index (χ1n) is 6.23. The van der Waals surface area contributed by atoms with E-state index in [2.05, 4.69) is 9.97 Å². The molecule has 1 fully saturated rings. The van der Waals surface area contributed by atoms with Crippen molar-refractivity contribution in [3.05, 3.63) is 23.8 Å². The summed E-state index contributed by atoms with van der Waals surface area (Å²) in [6.07, 6.45) is 5.58. The van der Waals surface area contributed by atoms with Crippen LogP contribution in [-0.4, -0.2) is 34.7 Å². The number of fused-ring (bicyclic) bond motifs is 1. The van der Waals surface area contributed by atoms with Gasteiger partial charge in [0.15, 0.2) is 5.69 Å². The molecule has 0 saturated carbocycles. The van der Waals surface area contributed by atoms with Gasteiger partial charge in [0.05, 0.1) is 12.8 Å². The van der Waals surface area contributed by atoms with E-state index in [-0.39, 0.29) is 0 Å². The molecule has 6 nitrogen and oxygen atoms in total. The van der Waals surface area contributed by atoms with E-state index in [4.69, 9.17) is 14.7 Å². The van der Waals surface area contributed by atoms with Gasteiger partial charge in [-0.25, -0.2) is 4.98 Å². The van der Waals surface area contributed by atoms with E-state index in [1.165, 1.54) is 7.11 Å². The van der Waals surface area contributed by atoms with Gasteiger partial charge in [0.25, 0.3) is 5.88 Å². The molecule has 0 N–H and O–H groups in total. The van der Waals surface area contributed by atoms with Crippen molar-refractivity contribution >= 4 is 5.65 Å². The molecule has 0 aliphatic carbocycles. The first-order valence-corrected chi connectivity index (χ1v) is 6.23. The average molecular weight is 258 g/mol. The van der Waals surface area contributed by atoms with Crippen LogP contribution >= 0.6 is 0 Å². The summed E-state index contributed by atoms with van der Waals surface area (Å²) in [7, 11) is 1.53. The summed E-state index contributed by atoms with van der Waals surface area (Å²) >= 11 is 0. The zero-order valence-electron chi connectivity index (χ0n) is 10.7. The van der Waals surface area contributed by atoms with E-state index in [0.717, 1.165) is 31.7 Å². The van der Waals surface area contributed by atoms with Crippen molar-refractivity contribution in [2.45, 2.75) is 18.8 Å². The number of nitrogens with zero attached hydrogens (tertiary/aromatic N) is 4. The molecule has 6 heteroatoms. The van der Waals surface area contributed by atoms with Crippen LogP contribution in [0.2, 0.25) is 0 Å². The molecule has 98 valence electrons. The van der Waals surface area contributed by atoms with Gasteiger partial charge in [-0.2, -0.15) is 10.2 Å². The molecule has 0 atom stereocenters. The van der Waals surface area contributed by atoms with Crippen LogP contribution in [0, 0.1) is 11.3 Å². The largest absolute Gasteiger partial charge is 0.478 e. The molecule has 0 amide bonds. The highest BCUT2D eigenvalue weighted by Gasteiger charge is 2.20. The van der Waals surface area contributed by atoms with E-state index in [1.54, 1.807) is 6.20 Å². The van der Waals surface area contributed by atoms with Crippen LogP contribution in [0.5, 0.6) is 5.88 Å². The monoisotopic (exact) mass is 258 g/mol. The maximum atomic E-state index is 8.95. The van der Waals surface area contributed by atoms with Crippen LogP contribution < -0.4 is 4.74 Å². The fourth-order valence-corrected chi connectivity index (χ4v) is 2.37. The fourth-order valence-electron chi connectivity index (χ4n) is 2.37. The Kier molecular flexibility index (Phi) is 3.05. The third kappa shape index (κ3) is 2.13. The Balaban J connectivity index is 2.06. The summed E-state index contributed by atoms with van der Waals surface area (Å²) < 4.78 is 12.4. The van der Waals surface area contributed by atoms with Gasteiger partial charge >= 0.3 is 0 Å². The number of methoxy groups -OCH3 is 1. The van der Waals surface area contributed by atoms with Gasteiger partial charge in [-0.3, -0.25) is 4.40 Å². The lowest BCUT2D eigenvalue weighted by Crippen LogP contribution is -2.14. The van der Waals surface area contributed by atoms with Crippen molar-refractivity contribution in [3.8, 4) is 11.9 Å². The van der Waals surface area contributed by atoms with Gasteiger partial charge in [-0.05, 0) is 12.8 Å². The third-order valence-corrected chi connectivity index (χ3v) is 3.37. The SMILES string of the molecule is COc1nc(C#N)cn2cc(C3CCOCC3)nc12. The fraction of sp³-hybridized carbons (Fsp3) is 0.462. The normalized spacial score (nSPS) is 16.4. The predicted octanol–water partition coefficient (Wildman–Crippen LogP) is 1.50. The van der Waals surface area contributed by atoms with Gasteiger partial charge < -0.3 is 9.47 Å². The number of imidazole rings is 1. The van der Waals surface area contributed by atoms with Gasteiger partial charge in [0.1, 0.15) is 6.07 Å². The van der Waals surface area contributed by atoms with Gasteiger partial charge in [-0.1, -0.05) is 0 Å². The van der Waals surface area contributed by atoms with Crippen LogP contribution in [0.4, 0.5) is 0 Å². The summed E-state index contributed by atoms with van der Waals surface area (Å²) in [6.45, 7) is 1.55. The standard InChI is InChI=1S/C13H14N4O2/c1-18-13-12-16-11(9-2-4-19-5-3-9)8-17(12)7-10(6-14)15-13/h7-9H,2-5H2,1H3. The minimum atomic E-state index is 0.320. The van der Waals surface area contributed by atoms with Crippen molar-refractivity contribution in [2.24, 2.45) is 0 Å². The first-order chi connectivity index (χ1) is 9.31. The molecule has 0 bridgehead atoms. The number of aromatic nitrogens is 3. The second kappa shape index (κ2) is 4.86. The molecule has 3 rings (SSSR count). The zero-order chi connectivity index (χ0) is 13.2. The van der Waals surface area contributed by atoms with E-state index in [0.29, 0.717) is 23.1 Å². The van der Waals surface area contributed by atoms with Crippen LogP contribution in [0.3, 0.4) is 0 Å². The lowest BCUT2D eigenvalue weighted by molar-refractivity contribution is 0.0846. The van der Waals surface area contributed by atoms with Crippen molar-refractivity contribution in [2.75, 3.05) is 20.3 Å². The molecule has 1 saturated heterocycles. The molecule has 3 heterocycles.